The van der Waals surface area contributed by atoms with Gasteiger partial charge in [-0.3, -0.25) is 14.6 Å². The molecule has 3 rings (SSSR count). The van der Waals surface area contributed by atoms with Gasteiger partial charge in [0, 0.05) is 30.1 Å². The summed E-state index contributed by atoms with van der Waals surface area (Å²) in [5, 5.41) is 6.07. The maximum atomic E-state index is 14.2. The Hall–Kier alpha value is -4.07. The number of benzene rings is 2. The van der Waals surface area contributed by atoms with Gasteiger partial charge in [0.25, 0.3) is 5.91 Å². The van der Waals surface area contributed by atoms with Gasteiger partial charge < -0.3 is 24.8 Å². The van der Waals surface area contributed by atoms with Gasteiger partial charge in [-0.25, -0.2) is 0 Å². The first-order valence-corrected chi connectivity index (χ1v) is 14.5. The predicted octanol–water partition coefficient (Wildman–Crippen LogP) is 7.00. The van der Waals surface area contributed by atoms with Gasteiger partial charge in [0.2, 0.25) is 5.91 Å². The number of ether oxygens (including phenoxy) is 3. The zero-order valence-corrected chi connectivity index (χ0v) is 26.0. The molecule has 1 aromatic heterocycles. The molecule has 2 unspecified atom stereocenters. The second kappa shape index (κ2) is 15.2. The standard InChI is InChI=1S/C34H45N3O5/c1-8-9-10-16-25(26-20-29(41-6)30(42-7)21-28(26)40-5)31(34(2,3)4)33(39)37-24-15-13-14-23(19-24)22-36-32(38)27-17-11-12-18-35-27/h11-15,17-21,25,31H,8-10,16,22H2,1-7H3,(H,36,38)(H,37,39). The average Bonchev–Trinajstić information content (AvgIpc) is 2.98. The molecule has 0 aliphatic carbocycles. The Morgan fingerprint density at radius 3 is 2.21 bits per heavy atom. The largest absolute Gasteiger partial charge is 0.496 e. The minimum atomic E-state index is -0.381. The summed E-state index contributed by atoms with van der Waals surface area (Å²) in [6.07, 6.45) is 5.52. The minimum Gasteiger partial charge on any atom is -0.496 e. The molecule has 3 aromatic rings. The Kier molecular flexibility index (Phi) is 11.8. The molecule has 0 bridgehead atoms. The van der Waals surface area contributed by atoms with Crippen LogP contribution >= 0.6 is 0 Å². The van der Waals surface area contributed by atoms with Crippen molar-refractivity contribution in [3.05, 3.63) is 77.6 Å². The van der Waals surface area contributed by atoms with E-state index in [1.165, 1.54) is 0 Å². The van der Waals surface area contributed by atoms with E-state index in [9.17, 15) is 9.59 Å². The van der Waals surface area contributed by atoms with E-state index in [0.717, 1.165) is 36.8 Å². The Bertz CT molecular complexity index is 1320. The number of aromatic nitrogens is 1. The molecule has 0 fully saturated rings. The molecular formula is C34H45N3O5. The lowest BCUT2D eigenvalue weighted by Gasteiger charge is -2.37. The summed E-state index contributed by atoms with van der Waals surface area (Å²) in [7, 11) is 4.84. The highest BCUT2D eigenvalue weighted by Crippen LogP contribution is 2.47. The van der Waals surface area contributed by atoms with Gasteiger partial charge in [-0.15, -0.1) is 0 Å². The third kappa shape index (κ3) is 8.47. The van der Waals surface area contributed by atoms with Crippen molar-refractivity contribution in [2.75, 3.05) is 26.6 Å². The van der Waals surface area contributed by atoms with E-state index in [0.29, 0.717) is 35.2 Å². The third-order valence-electron chi connectivity index (χ3n) is 7.42. The number of methoxy groups -OCH3 is 3. The third-order valence-corrected chi connectivity index (χ3v) is 7.42. The number of carbonyl (C=O) groups is 2. The number of hydrogen-bond donors (Lipinski definition) is 2. The van der Waals surface area contributed by atoms with Gasteiger partial charge in [-0.05, 0) is 53.6 Å². The lowest BCUT2D eigenvalue weighted by molar-refractivity contribution is -0.124. The van der Waals surface area contributed by atoms with Gasteiger partial charge in [0.15, 0.2) is 11.5 Å². The molecule has 42 heavy (non-hydrogen) atoms. The Morgan fingerprint density at radius 1 is 0.881 bits per heavy atom. The molecule has 226 valence electrons. The van der Waals surface area contributed by atoms with E-state index in [4.69, 9.17) is 14.2 Å². The highest BCUT2D eigenvalue weighted by atomic mass is 16.5. The highest BCUT2D eigenvalue weighted by molar-refractivity contribution is 5.94. The second-order valence-electron chi connectivity index (χ2n) is 11.5. The lowest BCUT2D eigenvalue weighted by atomic mass is 9.68. The van der Waals surface area contributed by atoms with E-state index < -0.39 is 0 Å². The van der Waals surface area contributed by atoms with Crippen molar-refractivity contribution in [3.8, 4) is 17.2 Å². The van der Waals surface area contributed by atoms with Crippen LogP contribution in [0.2, 0.25) is 0 Å². The molecule has 2 N–H and O–H groups in total. The first-order valence-electron chi connectivity index (χ1n) is 14.5. The minimum absolute atomic E-state index is 0.0736. The summed E-state index contributed by atoms with van der Waals surface area (Å²) in [5.74, 6) is 1.01. The summed E-state index contributed by atoms with van der Waals surface area (Å²) in [5.41, 5.74) is 2.45. The van der Waals surface area contributed by atoms with Crippen molar-refractivity contribution in [1.29, 1.82) is 0 Å². The summed E-state index contributed by atoms with van der Waals surface area (Å²) < 4.78 is 17.0. The number of hydrogen-bond acceptors (Lipinski definition) is 6. The number of unbranched alkanes of at least 4 members (excludes halogenated alkanes) is 2. The SMILES string of the molecule is CCCCCC(c1cc(OC)c(OC)cc1OC)C(C(=O)Nc1cccc(CNC(=O)c2ccccn2)c1)C(C)(C)C. The number of amides is 2. The fraction of sp³-hybridized carbons (Fsp3) is 0.441. The summed E-state index contributed by atoms with van der Waals surface area (Å²) in [6, 6.07) is 16.5. The van der Waals surface area contributed by atoms with Gasteiger partial charge in [-0.1, -0.05) is 65.2 Å². The van der Waals surface area contributed by atoms with Crippen LogP contribution in [0.4, 0.5) is 5.69 Å². The molecule has 2 aromatic carbocycles. The normalized spacial score (nSPS) is 12.6. The molecule has 8 heteroatoms. The maximum Gasteiger partial charge on any atom is 0.270 e. The van der Waals surface area contributed by atoms with Crippen molar-refractivity contribution in [3.63, 3.8) is 0 Å². The number of rotatable bonds is 14. The van der Waals surface area contributed by atoms with E-state index in [2.05, 4.69) is 43.3 Å². The number of nitrogens with one attached hydrogen (secondary N) is 2. The van der Waals surface area contributed by atoms with Gasteiger partial charge in [0.1, 0.15) is 11.4 Å². The smallest absolute Gasteiger partial charge is 0.270 e. The van der Waals surface area contributed by atoms with Crippen LogP contribution in [0.25, 0.3) is 0 Å². The van der Waals surface area contributed by atoms with Crippen LogP contribution in [0.3, 0.4) is 0 Å². The second-order valence-corrected chi connectivity index (χ2v) is 11.5. The fourth-order valence-corrected chi connectivity index (χ4v) is 5.39. The topological polar surface area (TPSA) is 98.8 Å². The van der Waals surface area contributed by atoms with Gasteiger partial charge in [-0.2, -0.15) is 0 Å². The summed E-state index contributed by atoms with van der Waals surface area (Å²) >= 11 is 0. The molecule has 0 saturated heterocycles. The molecular weight excluding hydrogens is 530 g/mol. The van der Waals surface area contributed by atoms with Crippen LogP contribution in [0.1, 0.15) is 80.9 Å². The maximum absolute atomic E-state index is 14.2. The number of pyridine rings is 1. The van der Waals surface area contributed by atoms with Crippen LogP contribution in [0.15, 0.2) is 60.8 Å². The average molecular weight is 576 g/mol. The Morgan fingerprint density at radius 2 is 1.60 bits per heavy atom. The molecule has 2 atom stereocenters. The quantitative estimate of drug-likeness (QED) is 0.201. The molecule has 0 spiro atoms. The first-order chi connectivity index (χ1) is 20.1. The summed E-state index contributed by atoms with van der Waals surface area (Å²) in [6.45, 7) is 8.78. The molecule has 0 radical (unpaired) electrons. The van der Waals surface area contributed by atoms with Crippen molar-refractivity contribution in [1.82, 2.24) is 10.3 Å². The monoisotopic (exact) mass is 575 g/mol. The van der Waals surface area contributed by atoms with Crippen LogP contribution in [0.5, 0.6) is 17.2 Å². The summed E-state index contributed by atoms with van der Waals surface area (Å²) in [4.78, 5) is 30.7. The van der Waals surface area contributed by atoms with Crippen LogP contribution in [-0.4, -0.2) is 38.1 Å². The molecule has 0 aliphatic rings. The number of carbonyl (C=O) groups excluding carboxylic acids is 2. The van der Waals surface area contributed by atoms with E-state index in [-0.39, 0.29) is 29.1 Å². The molecule has 0 aliphatic heterocycles. The van der Waals surface area contributed by atoms with E-state index in [1.807, 2.05) is 36.4 Å². The van der Waals surface area contributed by atoms with Crippen molar-refractivity contribution < 1.29 is 23.8 Å². The first kappa shape index (κ1) is 32.4. The molecule has 2 amide bonds. The van der Waals surface area contributed by atoms with Crippen LogP contribution < -0.4 is 24.8 Å². The van der Waals surface area contributed by atoms with Crippen molar-refractivity contribution in [2.45, 2.75) is 65.8 Å². The predicted molar refractivity (Wildman–Crippen MR) is 166 cm³/mol. The zero-order chi connectivity index (χ0) is 30.7. The number of nitrogens with zero attached hydrogens (tertiary/aromatic N) is 1. The Labute approximate surface area is 250 Å². The molecule has 0 saturated carbocycles. The molecule has 8 nitrogen and oxygen atoms in total. The van der Waals surface area contributed by atoms with Crippen LogP contribution in [0, 0.1) is 11.3 Å². The zero-order valence-electron chi connectivity index (χ0n) is 26.0. The van der Waals surface area contributed by atoms with E-state index >= 15 is 0 Å². The lowest BCUT2D eigenvalue weighted by Crippen LogP contribution is -2.38. The van der Waals surface area contributed by atoms with Crippen LogP contribution in [-0.2, 0) is 11.3 Å². The Balaban J connectivity index is 1.91. The highest BCUT2D eigenvalue weighted by Gasteiger charge is 2.40. The van der Waals surface area contributed by atoms with E-state index in [1.54, 1.807) is 45.7 Å². The van der Waals surface area contributed by atoms with Crippen molar-refractivity contribution in [2.24, 2.45) is 11.3 Å². The van der Waals surface area contributed by atoms with Gasteiger partial charge in [0.05, 0.1) is 27.2 Å². The molecule has 1 heterocycles. The fourth-order valence-electron chi connectivity index (χ4n) is 5.39. The van der Waals surface area contributed by atoms with Gasteiger partial charge >= 0.3 is 0 Å². The number of anilines is 1. The van der Waals surface area contributed by atoms with Crippen molar-refractivity contribution >= 4 is 17.5 Å².